The van der Waals surface area contributed by atoms with E-state index in [1.54, 1.807) is 30.3 Å². The van der Waals surface area contributed by atoms with Gasteiger partial charge in [-0.05, 0) is 48.5 Å². The molecular weight excluding hydrogens is 428 g/mol. The number of benzene rings is 3. The minimum atomic E-state index is -0.215. The summed E-state index contributed by atoms with van der Waals surface area (Å²) in [6.07, 6.45) is 5.01. The number of carbonyl (C=O) groups is 1. The van der Waals surface area contributed by atoms with Crippen molar-refractivity contribution in [2.24, 2.45) is 7.05 Å². The minimum absolute atomic E-state index is 0.215. The first kappa shape index (κ1) is 19.7. The van der Waals surface area contributed by atoms with Crippen molar-refractivity contribution in [1.29, 1.82) is 0 Å². The molecule has 0 atom stereocenters. The van der Waals surface area contributed by atoms with E-state index in [0.717, 1.165) is 39.0 Å². The molecule has 3 aromatic carbocycles. The Kier molecular flexibility index (Phi) is 4.58. The fourth-order valence-corrected chi connectivity index (χ4v) is 3.97. The van der Waals surface area contributed by atoms with E-state index in [2.05, 4.69) is 25.9 Å². The Hall–Kier alpha value is -4.92. The molecule has 0 bridgehead atoms. The first-order chi connectivity index (χ1) is 16.6. The first-order valence-electron chi connectivity index (χ1n) is 10.7. The third-order valence-corrected chi connectivity index (χ3v) is 5.61. The summed E-state index contributed by atoms with van der Waals surface area (Å²) in [4.78, 5) is 12.6. The molecule has 0 unspecified atom stereocenters. The third kappa shape index (κ3) is 3.55. The smallest absolute Gasteiger partial charge is 0.258 e. The lowest BCUT2D eigenvalue weighted by Gasteiger charge is -2.08. The van der Waals surface area contributed by atoms with Crippen LogP contribution in [0.2, 0.25) is 0 Å². The number of nitrogens with zero attached hydrogens (tertiary/aromatic N) is 5. The van der Waals surface area contributed by atoms with Crippen LogP contribution in [0, 0.1) is 0 Å². The normalized spacial score (nSPS) is 11.2. The van der Waals surface area contributed by atoms with Crippen LogP contribution in [-0.2, 0) is 7.05 Å². The highest BCUT2D eigenvalue weighted by Crippen LogP contribution is 2.29. The average Bonchev–Trinajstić information content (AvgIpc) is 3.58. The molecule has 1 amide bonds. The maximum absolute atomic E-state index is 12.6. The zero-order chi connectivity index (χ0) is 23.1. The summed E-state index contributed by atoms with van der Waals surface area (Å²) in [5, 5.41) is 24.3. The Morgan fingerprint density at radius 2 is 1.88 bits per heavy atom. The molecular formula is C25H20N8O. The van der Waals surface area contributed by atoms with Gasteiger partial charge in [-0.25, -0.2) is 4.68 Å². The van der Waals surface area contributed by atoms with Crippen LogP contribution in [0.15, 0.2) is 85.3 Å². The van der Waals surface area contributed by atoms with Gasteiger partial charge < -0.3 is 10.6 Å². The number of carbonyl (C=O) groups excluding carboxylic acids is 1. The second kappa shape index (κ2) is 7.89. The number of aromatic amines is 1. The van der Waals surface area contributed by atoms with Crippen molar-refractivity contribution in [2.45, 2.75) is 0 Å². The number of H-pyrrole nitrogens is 1. The van der Waals surface area contributed by atoms with E-state index in [1.807, 2.05) is 71.4 Å². The van der Waals surface area contributed by atoms with E-state index in [4.69, 9.17) is 5.10 Å². The van der Waals surface area contributed by atoms with Crippen molar-refractivity contribution in [1.82, 2.24) is 29.8 Å². The Morgan fingerprint density at radius 1 is 0.971 bits per heavy atom. The molecule has 9 heteroatoms. The molecule has 34 heavy (non-hydrogen) atoms. The van der Waals surface area contributed by atoms with Gasteiger partial charge in [-0.2, -0.15) is 10.2 Å². The number of hydrogen-bond acceptors (Lipinski definition) is 5. The molecule has 0 fully saturated rings. The van der Waals surface area contributed by atoms with E-state index >= 15 is 0 Å². The molecule has 6 rings (SSSR count). The number of nitrogens with one attached hydrogen (secondary N) is 3. The van der Waals surface area contributed by atoms with Crippen molar-refractivity contribution < 1.29 is 4.79 Å². The molecule has 3 N–H and O–H groups in total. The summed E-state index contributed by atoms with van der Waals surface area (Å²) in [7, 11) is 1.78. The summed E-state index contributed by atoms with van der Waals surface area (Å²) in [5.41, 5.74) is 4.85. The van der Waals surface area contributed by atoms with Crippen LogP contribution >= 0.6 is 0 Å². The molecule has 6 aromatic rings. The van der Waals surface area contributed by atoms with Crippen molar-refractivity contribution in [3.63, 3.8) is 0 Å². The van der Waals surface area contributed by atoms with Crippen LogP contribution < -0.4 is 10.6 Å². The predicted octanol–water partition coefficient (Wildman–Crippen LogP) is 4.63. The third-order valence-electron chi connectivity index (χ3n) is 5.61. The lowest BCUT2D eigenvalue weighted by molar-refractivity contribution is 0.102. The lowest BCUT2D eigenvalue weighted by Crippen LogP contribution is -2.11. The number of fused-ring (bicyclic) bond motifs is 2. The summed E-state index contributed by atoms with van der Waals surface area (Å²) in [6.45, 7) is 0. The molecule has 166 valence electrons. The van der Waals surface area contributed by atoms with Gasteiger partial charge in [0, 0.05) is 35.4 Å². The summed E-state index contributed by atoms with van der Waals surface area (Å²) >= 11 is 0. The molecule has 0 spiro atoms. The molecule has 0 saturated carbocycles. The summed E-state index contributed by atoms with van der Waals surface area (Å²) < 4.78 is 3.47. The van der Waals surface area contributed by atoms with Crippen LogP contribution in [0.4, 0.5) is 17.2 Å². The molecule has 9 nitrogen and oxygen atoms in total. The fraction of sp³-hybridized carbons (Fsp3) is 0.0400. The Labute approximate surface area is 194 Å². The Balaban J connectivity index is 1.35. The van der Waals surface area contributed by atoms with Gasteiger partial charge in [-0.3, -0.25) is 14.6 Å². The van der Waals surface area contributed by atoms with Crippen molar-refractivity contribution in [2.75, 3.05) is 10.6 Å². The lowest BCUT2D eigenvalue weighted by atomic mass is 10.2. The van der Waals surface area contributed by atoms with Crippen LogP contribution in [0.1, 0.15) is 10.4 Å². The van der Waals surface area contributed by atoms with Crippen molar-refractivity contribution >= 4 is 44.9 Å². The van der Waals surface area contributed by atoms with Gasteiger partial charge in [0.05, 0.1) is 34.7 Å². The fourth-order valence-electron chi connectivity index (χ4n) is 3.97. The van der Waals surface area contributed by atoms with Crippen LogP contribution in [-0.4, -0.2) is 35.7 Å². The number of para-hydroxylation sites is 1. The molecule has 0 radical (unpaired) electrons. The van der Waals surface area contributed by atoms with E-state index in [-0.39, 0.29) is 5.91 Å². The standard InChI is InChI=1S/C25H20N8O/c1-32-15-17(14-27-32)25(34)29-18-5-4-6-20(12-18)33-23-8-3-2-7-21(23)24(31-33)28-19-9-10-22-16(11-19)13-26-30-22/h2-15H,1H3,(H,26,30)(H,28,31)(H,29,34). The van der Waals surface area contributed by atoms with Crippen molar-refractivity contribution in [3.8, 4) is 5.69 Å². The number of aromatic nitrogens is 6. The van der Waals surface area contributed by atoms with E-state index in [0.29, 0.717) is 11.3 Å². The summed E-state index contributed by atoms with van der Waals surface area (Å²) in [5.74, 6) is 0.524. The SMILES string of the molecule is Cn1cc(C(=O)Nc2cccc(-n3nc(Nc4ccc5[nH]ncc5c4)c4ccccc43)c2)cn1. The van der Waals surface area contributed by atoms with Gasteiger partial charge >= 0.3 is 0 Å². The van der Waals surface area contributed by atoms with Crippen LogP contribution in [0.3, 0.4) is 0 Å². The average molecular weight is 448 g/mol. The molecule has 0 aliphatic carbocycles. The van der Waals surface area contributed by atoms with Gasteiger partial charge in [0.2, 0.25) is 0 Å². The second-order valence-corrected chi connectivity index (χ2v) is 7.98. The quantitative estimate of drug-likeness (QED) is 0.357. The van der Waals surface area contributed by atoms with Gasteiger partial charge in [0.1, 0.15) is 0 Å². The number of anilines is 3. The van der Waals surface area contributed by atoms with Gasteiger partial charge in [0.15, 0.2) is 5.82 Å². The van der Waals surface area contributed by atoms with E-state index < -0.39 is 0 Å². The molecule has 0 aliphatic rings. The number of aryl methyl sites for hydroxylation is 1. The monoisotopic (exact) mass is 448 g/mol. The van der Waals surface area contributed by atoms with Crippen LogP contribution in [0.5, 0.6) is 0 Å². The molecule has 3 heterocycles. The highest BCUT2D eigenvalue weighted by atomic mass is 16.1. The highest BCUT2D eigenvalue weighted by Gasteiger charge is 2.14. The molecule has 0 aliphatic heterocycles. The maximum Gasteiger partial charge on any atom is 0.258 e. The highest BCUT2D eigenvalue weighted by molar-refractivity contribution is 6.04. The van der Waals surface area contributed by atoms with Gasteiger partial charge in [-0.15, -0.1) is 5.10 Å². The molecule has 3 aromatic heterocycles. The second-order valence-electron chi connectivity index (χ2n) is 7.98. The zero-order valence-electron chi connectivity index (χ0n) is 18.2. The minimum Gasteiger partial charge on any atom is -0.338 e. The molecule has 0 saturated heterocycles. The zero-order valence-corrected chi connectivity index (χ0v) is 18.2. The van der Waals surface area contributed by atoms with Gasteiger partial charge in [-0.1, -0.05) is 18.2 Å². The summed E-state index contributed by atoms with van der Waals surface area (Å²) in [6, 6.07) is 21.6. The number of amides is 1. The van der Waals surface area contributed by atoms with E-state index in [9.17, 15) is 4.79 Å². The maximum atomic E-state index is 12.6. The van der Waals surface area contributed by atoms with Crippen LogP contribution in [0.25, 0.3) is 27.5 Å². The van der Waals surface area contributed by atoms with Crippen molar-refractivity contribution in [3.05, 3.63) is 90.9 Å². The number of rotatable bonds is 5. The predicted molar refractivity (Wildman–Crippen MR) is 132 cm³/mol. The first-order valence-corrected chi connectivity index (χ1v) is 10.7. The Morgan fingerprint density at radius 3 is 2.76 bits per heavy atom. The Bertz CT molecular complexity index is 1660. The topological polar surface area (TPSA) is 105 Å². The largest absolute Gasteiger partial charge is 0.338 e. The number of hydrogen-bond donors (Lipinski definition) is 3. The van der Waals surface area contributed by atoms with Gasteiger partial charge in [0.25, 0.3) is 5.91 Å². The van der Waals surface area contributed by atoms with E-state index in [1.165, 1.54) is 0 Å².